The van der Waals surface area contributed by atoms with Crippen molar-refractivity contribution in [3.05, 3.63) is 0 Å². The van der Waals surface area contributed by atoms with E-state index in [0.29, 0.717) is 19.5 Å². The second-order valence-corrected chi connectivity index (χ2v) is 5.38. The maximum atomic E-state index is 11.5. The molecule has 0 aliphatic carbocycles. The predicted molar refractivity (Wildman–Crippen MR) is 66.5 cm³/mol. The van der Waals surface area contributed by atoms with E-state index in [2.05, 4.69) is 5.32 Å². The van der Waals surface area contributed by atoms with Crippen LogP contribution in [-0.4, -0.2) is 53.3 Å². The van der Waals surface area contributed by atoms with Crippen LogP contribution in [0.1, 0.15) is 35.0 Å². The lowest BCUT2D eigenvalue weighted by atomic mass is 10.2. The van der Waals surface area contributed by atoms with Crippen molar-refractivity contribution in [2.24, 2.45) is 0 Å². The number of carbonyl (C=O) groups is 2. The highest BCUT2D eigenvalue weighted by atomic mass is 16.6. The normalized spacial score (nSPS) is 25.6. The summed E-state index contributed by atoms with van der Waals surface area (Å²) in [5, 5.41) is 11.4. The van der Waals surface area contributed by atoms with Crippen LogP contribution in [0.5, 0.6) is 0 Å². The van der Waals surface area contributed by atoms with Crippen LogP contribution in [0.4, 0.5) is 4.79 Å². The molecule has 18 heavy (non-hydrogen) atoms. The van der Waals surface area contributed by atoms with Crippen LogP contribution in [0, 0.1) is 0 Å². The van der Waals surface area contributed by atoms with E-state index in [4.69, 9.17) is 11.2 Å². The van der Waals surface area contributed by atoms with Crippen LogP contribution >= 0.6 is 0 Å². The molecule has 0 saturated carbocycles. The van der Waals surface area contributed by atoms with Gasteiger partial charge in [0.05, 0.1) is 6.54 Å². The van der Waals surface area contributed by atoms with E-state index in [1.165, 1.54) is 0 Å². The zero-order chi connectivity index (χ0) is 14.6. The molecule has 1 aliphatic heterocycles. The SMILES string of the molecule is [3H][C@H]1C[C@H](CNC(=O)OC(C)(C)C)N(CC(=O)O)C1. The topological polar surface area (TPSA) is 78.9 Å². The van der Waals surface area contributed by atoms with Crippen LogP contribution < -0.4 is 5.32 Å². The first-order valence-corrected chi connectivity index (χ1v) is 6.02. The molecular formula is C12H22N2O4. The molecule has 1 rings (SSSR count). The third-order valence-electron chi connectivity index (χ3n) is 2.54. The summed E-state index contributed by atoms with van der Waals surface area (Å²) in [6.07, 6.45) is -0.260. The Balaban J connectivity index is 2.42. The van der Waals surface area contributed by atoms with Gasteiger partial charge in [0.2, 0.25) is 0 Å². The number of nitrogens with one attached hydrogen (secondary N) is 1. The largest absolute Gasteiger partial charge is 0.480 e. The molecule has 0 unspecified atom stereocenters. The standard InChI is InChI=1S/C12H22N2O4/c1-12(2,3)18-11(17)13-7-9-5-4-6-14(9)8-10(15)16/h9H,4-8H2,1-3H3,(H,13,17)(H,15,16)/t9-/m1/s1/i4T/t4-,9+/m0. The maximum absolute atomic E-state index is 11.5. The number of nitrogens with zero attached hydrogens (tertiary/aromatic N) is 1. The Morgan fingerprint density at radius 1 is 1.56 bits per heavy atom. The number of aliphatic carboxylic acids is 1. The lowest BCUT2D eigenvalue weighted by Crippen LogP contribution is -2.43. The molecule has 0 bridgehead atoms. The number of carboxylic acids is 1. The minimum Gasteiger partial charge on any atom is -0.480 e. The smallest absolute Gasteiger partial charge is 0.407 e. The van der Waals surface area contributed by atoms with Crippen molar-refractivity contribution < 1.29 is 20.8 Å². The Kier molecular flexibility index (Phi) is 4.41. The quantitative estimate of drug-likeness (QED) is 0.790. The molecule has 0 aromatic heterocycles. The summed E-state index contributed by atoms with van der Waals surface area (Å²) in [7, 11) is 0. The van der Waals surface area contributed by atoms with E-state index >= 15 is 0 Å². The average molecular weight is 260 g/mol. The molecule has 0 radical (unpaired) electrons. The lowest BCUT2D eigenvalue weighted by molar-refractivity contribution is -0.138. The van der Waals surface area contributed by atoms with Crippen molar-refractivity contribution >= 4 is 12.1 Å². The fourth-order valence-electron chi connectivity index (χ4n) is 1.83. The van der Waals surface area contributed by atoms with Crippen molar-refractivity contribution in [3.63, 3.8) is 0 Å². The van der Waals surface area contributed by atoms with Crippen molar-refractivity contribution in [3.8, 4) is 0 Å². The molecule has 6 nitrogen and oxygen atoms in total. The summed E-state index contributed by atoms with van der Waals surface area (Å²) in [4.78, 5) is 23.9. The molecule has 2 atom stereocenters. The molecular weight excluding hydrogens is 236 g/mol. The van der Waals surface area contributed by atoms with Gasteiger partial charge in [-0.05, 0) is 40.1 Å². The van der Waals surface area contributed by atoms with Gasteiger partial charge < -0.3 is 15.2 Å². The van der Waals surface area contributed by atoms with Gasteiger partial charge in [0.25, 0.3) is 0 Å². The number of likely N-dealkylation sites (tertiary alicyclic amines) is 1. The van der Waals surface area contributed by atoms with Gasteiger partial charge in [0, 0.05) is 14.0 Å². The number of hydrogen-bond acceptors (Lipinski definition) is 4. The Bertz CT molecular complexity index is 343. The van der Waals surface area contributed by atoms with Gasteiger partial charge >= 0.3 is 12.1 Å². The molecule has 1 heterocycles. The Hall–Kier alpha value is -1.30. The number of ether oxygens (including phenoxy) is 1. The van der Waals surface area contributed by atoms with E-state index in [-0.39, 0.29) is 19.0 Å². The predicted octanol–water partition coefficient (Wildman–Crippen LogP) is 1.06. The van der Waals surface area contributed by atoms with Crippen molar-refractivity contribution in [1.82, 2.24) is 10.2 Å². The van der Waals surface area contributed by atoms with Crippen LogP contribution in [0.3, 0.4) is 0 Å². The molecule has 2 N–H and O–H groups in total. The van der Waals surface area contributed by atoms with Gasteiger partial charge in [-0.3, -0.25) is 9.69 Å². The van der Waals surface area contributed by atoms with E-state index in [1.807, 2.05) is 0 Å². The van der Waals surface area contributed by atoms with Gasteiger partial charge in [-0.1, -0.05) is 0 Å². The first-order chi connectivity index (χ1) is 8.67. The van der Waals surface area contributed by atoms with Crippen LogP contribution in [-0.2, 0) is 9.53 Å². The van der Waals surface area contributed by atoms with Gasteiger partial charge in [0.15, 0.2) is 0 Å². The van der Waals surface area contributed by atoms with Crippen LogP contribution in [0.2, 0.25) is 0 Å². The Morgan fingerprint density at radius 2 is 2.22 bits per heavy atom. The minimum absolute atomic E-state index is 0.101. The van der Waals surface area contributed by atoms with E-state index in [9.17, 15) is 9.59 Å². The summed E-state index contributed by atoms with van der Waals surface area (Å²) < 4.78 is 12.8. The first-order valence-electron chi connectivity index (χ1n) is 6.60. The minimum atomic E-state index is -0.920. The molecule has 1 aliphatic rings. The van der Waals surface area contributed by atoms with E-state index < -0.39 is 17.7 Å². The summed E-state index contributed by atoms with van der Waals surface area (Å²) in [5.41, 5.74) is -0.557. The number of alkyl carbamates (subject to hydrolysis) is 1. The summed E-state index contributed by atoms with van der Waals surface area (Å²) in [5.74, 6) is -0.920. The summed E-state index contributed by atoms with van der Waals surface area (Å²) >= 11 is 0. The molecule has 0 spiro atoms. The summed E-state index contributed by atoms with van der Waals surface area (Å²) in [6.45, 7) is 5.96. The number of carbonyl (C=O) groups excluding carboxylic acids is 1. The number of hydrogen-bond donors (Lipinski definition) is 2. The number of amides is 1. The molecule has 0 aromatic rings. The molecule has 1 fully saturated rings. The van der Waals surface area contributed by atoms with Crippen molar-refractivity contribution in [2.75, 3.05) is 19.6 Å². The molecule has 6 heteroatoms. The van der Waals surface area contributed by atoms with E-state index in [1.54, 1.807) is 25.7 Å². The third kappa shape index (κ3) is 5.35. The second kappa shape index (κ2) is 6.04. The van der Waals surface area contributed by atoms with Crippen LogP contribution in [0.25, 0.3) is 0 Å². The van der Waals surface area contributed by atoms with E-state index in [0.717, 1.165) is 0 Å². The average Bonchev–Trinajstić information content (AvgIpc) is 2.52. The molecule has 0 aromatic carbocycles. The molecule has 1 saturated heterocycles. The highest BCUT2D eigenvalue weighted by Gasteiger charge is 2.27. The Labute approximate surface area is 109 Å². The van der Waals surface area contributed by atoms with Gasteiger partial charge in [-0.25, -0.2) is 4.79 Å². The van der Waals surface area contributed by atoms with Crippen LogP contribution in [0.15, 0.2) is 0 Å². The number of carboxylic acid groups (broad SMARTS) is 1. The first kappa shape index (κ1) is 13.1. The highest BCUT2D eigenvalue weighted by Crippen LogP contribution is 2.16. The third-order valence-corrected chi connectivity index (χ3v) is 2.54. The zero-order valence-corrected chi connectivity index (χ0v) is 11.1. The molecule has 104 valence electrons. The zero-order valence-electron chi connectivity index (χ0n) is 12.1. The maximum Gasteiger partial charge on any atom is 0.407 e. The number of rotatable bonds is 4. The summed E-state index contributed by atoms with van der Waals surface area (Å²) in [6, 6.07) is -0.119. The highest BCUT2D eigenvalue weighted by molar-refractivity contribution is 5.69. The fourth-order valence-corrected chi connectivity index (χ4v) is 1.83. The van der Waals surface area contributed by atoms with Gasteiger partial charge in [-0.2, -0.15) is 0 Å². The van der Waals surface area contributed by atoms with Crippen molar-refractivity contribution in [2.45, 2.75) is 45.2 Å². The monoisotopic (exact) mass is 260 g/mol. The van der Waals surface area contributed by atoms with Crippen molar-refractivity contribution in [1.29, 1.82) is 0 Å². The molecule has 1 amide bonds. The fraction of sp³-hybridized carbons (Fsp3) is 0.833. The second-order valence-electron chi connectivity index (χ2n) is 5.38. The Morgan fingerprint density at radius 3 is 2.78 bits per heavy atom. The lowest BCUT2D eigenvalue weighted by Gasteiger charge is -2.24. The van der Waals surface area contributed by atoms with Gasteiger partial charge in [-0.15, -0.1) is 0 Å². The van der Waals surface area contributed by atoms with Gasteiger partial charge in [0.1, 0.15) is 5.60 Å².